The summed E-state index contributed by atoms with van der Waals surface area (Å²) in [6.45, 7) is 1.73. The van der Waals surface area contributed by atoms with Gasteiger partial charge in [0.1, 0.15) is 5.82 Å². The number of benzene rings is 2. The van der Waals surface area contributed by atoms with Gasteiger partial charge < -0.3 is 10.4 Å². The third kappa shape index (κ3) is 3.38. The molecule has 0 aromatic heterocycles. The fraction of sp³-hybridized carbons (Fsp3) is 0.0667. The highest BCUT2D eigenvalue weighted by Gasteiger charge is 2.13. The van der Waals surface area contributed by atoms with Crippen molar-refractivity contribution in [1.82, 2.24) is 0 Å². The molecule has 0 spiro atoms. The lowest BCUT2D eigenvalue weighted by Crippen LogP contribution is -2.14. The second-order valence-corrected chi connectivity index (χ2v) is 4.82. The van der Waals surface area contributed by atoms with Gasteiger partial charge in [-0.05, 0) is 42.8 Å². The maximum atomic E-state index is 13.0. The maximum Gasteiger partial charge on any atom is 0.335 e. The summed E-state index contributed by atoms with van der Waals surface area (Å²) in [6.07, 6.45) is 0. The summed E-state index contributed by atoms with van der Waals surface area (Å²) in [7, 11) is 0. The van der Waals surface area contributed by atoms with E-state index in [-0.39, 0.29) is 16.1 Å². The van der Waals surface area contributed by atoms with Gasteiger partial charge in [0.05, 0.1) is 16.1 Å². The number of carboxylic acids is 1. The van der Waals surface area contributed by atoms with Gasteiger partial charge in [-0.25, -0.2) is 9.18 Å². The minimum Gasteiger partial charge on any atom is -0.478 e. The Morgan fingerprint density at radius 1 is 1.19 bits per heavy atom. The van der Waals surface area contributed by atoms with Gasteiger partial charge >= 0.3 is 5.97 Å². The van der Waals surface area contributed by atoms with Crippen LogP contribution in [0.1, 0.15) is 26.3 Å². The molecule has 21 heavy (non-hydrogen) atoms. The number of carbonyl (C=O) groups is 2. The van der Waals surface area contributed by atoms with Crippen molar-refractivity contribution in [2.45, 2.75) is 6.92 Å². The van der Waals surface area contributed by atoms with Crippen LogP contribution in [0.2, 0.25) is 5.02 Å². The molecule has 0 aliphatic heterocycles. The molecule has 2 aromatic rings. The lowest BCUT2D eigenvalue weighted by atomic mass is 10.1. The molecule has 0 saturated carbocycles. The van der Waals surface area contributed by atoms with E-state index in [2.05, 4.69) is 5.32 Å². The average Bonchev–Trinajstić information content (AvgIpc) is 2.40. The van der Waals surface area contributed by atoms with E-state index in [1.165, 1.54) is 18.2 Å². The predicted octanol–water partition coefficient (Wildman–Crippen LogP) is 3.74. The summed E-state index contributed by atoms with van der Waals surface area (Å²) in [5.74, 6) is -2.17. The molecule has 0 aliphatic rings. The van der Waals surface area contributed by atoms with Gasteiger partial charge in [-0.15, -0.1) is 0 Å². The van der Waals surface area contributed by atoms with Gasteiger partial charge in [-0.3, -0.25) is 4.79 Å². The number of nitrogens with one attached hydrogen (secondary N) is 1. The Balaban J connectivity index is 2.31. The zero-order valence-electron chi connectivity index (χ0n) is 11.0. The second kappa shape index (κ2) is 5.93. The average molecular weight is 308 g/mol. The lowest BCUT2D eigenvalue weighted by molar-refractivity contribution is 0.0696. The first-order valence-corrected chi connectivity index (χ1v) is 6.36. The maximum absolute atomic E-state index is 13.0. The molecule has 4 nitrogen and oxygen atoms in total. The predicted molar refractivity (Wildman–Crippen MR) is 77.5 cm³/mol. The minimum absolute atomic E-state index is 0.0143. The molecular weight excluding hydrogens is 297 g/mol. The zero-order chi connectivity index (χ0) is 15.6. The zero-order valence-corrected chi connectivity index (χ0v) is 11.7. The molecule has 0 atom stereocenters. The fourth-order valence-corrected chi connectivity index (χ4v) is 2.01. The minimum atomic E-state index is -1.09. The van der Waals surface area contributed by atoms with Crippen LogP contribution < -0.4 is 5.32 Å². The highest BCUT2D eigenvalue weighted by Crippen LogP contribution is 2.21. The van der Waals surface area contributed by atoms with Gasteiger partial charge in [0, 0.05) is 5.69 Å². The number of halogens is 2. The van der Waals surface area contributed by atoms with E-state index in [1.807, 2.05) is 0 Å². The van der Waals surface area contributed by atoms with Crippen molar-refractivity contribution in [2.24, 2.45) is 0 Å². The quantitative estimate of drug-likeness (QED) is 0.907. The van der Waals surface area contributed by atoms with Crippen molar-refractivity contribution >= 4 is 29.2 Å². The van der Waals surface area contributed by atoms with Crippen LogP contribution >= 0.6 is 11.6 Å². The Hall–Kier alpha value is -2.40. The molecule has 2 aromatic carbocycles. The molecule has 2 rings (SSSR count). The van der Waals surface area contributed by atoms with E-state index in [4.69, 9.17) is 16.7 Å². The number of aryl methyl sites for hydroxylation is 1. The van der Waals surface area contributed by atoms with E-state index in [1.54, 1.807) is 13.0 Å². The van der Waals surface area contributed by atoms with E-state index in [9.17, 15) is 14.0 Å². The number of carbonyl (C=O) groups excluding carboxylic acids is 1. The standard InChI is InChI=1S/C15H11ClFNO3/c1-8-2-3-9(15(20)21)6-13(8)18-14(19)11-5-4-10(17)7-12(11)16/h2-7H,1H3,(H,18,19)(H,20,21). The normalized spacial score (nSPS) is 10.2. The molecule has 6 heteroatoms. The van der Waals surface area contributed by atoms with Crippen LogP contribution in [0.3, 0.4) is 0 Å². The topological polar surface area (TPSA) is 66.4 Å². The fourth-order valence-electron chi connectivity index (χ4n) is 1.75. The highest BCUT2D eigenvalue weighted by molar-refractivity contribution is 6.34. The molecule has 0 heterocycles. The number of carboxylic acid groups (broad SMARTS) is 1. The number of rotatable bonds is 3. The van der Waals surface area contributed by atoms with Crippen LogP contribution in [0, 0.1) is 12.7 Å². The number of hydrogen-bond donors (Lipinski definition) is 2. The molecular formula is C15H11ClFNO3. The van der Waals surface area contributed by atoms with Gasteiger partial charge in [0.25, 0.3) is 5.91 Å². The molecule has 108 valence electrons. The third-order valence-corrected chi connectivity index (χ3v) is 3.22. The number of hydrogen-bond acceptors (Lipinski definition) is 2. The van der Waals surface area contributed by atoms with Crippen LogP contribution in [0.5, 0.6) is 0 Å². The Kier molecular flexibility index (Phi) is 4.23. The van der Waals surface area contributed by atoms with Crippen molar-refractivity contribution in [3.05, 3.63) is 63.9 Å². The summed E-state index contributed by atoms with van der Waals surface area (Å²) in [5, 5.41) is 11.5. The van der Waals surface area contributed by atoms with Crippen molar-refractivity contribution in [3.63, 3.8) is 0 Å². The summed E-state index contributed by atoms with van der Waals surface area (Å²) in [6, 6.07) is 7.82. The molecule has 0 saturated heterocycles. The molecule has 0 fully saturated rings. The SMILES string of the molecule is Cc1ccc(C(=O)O)cc1NC(=O)c1ccc(F)cc1Cl. The monoisotopic (exact) mass is 307 g/mol. The van der Waals surface area contributed by atoms with Crippen molar-refractivity contribution in [1.29, 1.82) is 0 Å². The smallest absolute Gasteiger partial charge is 0.335 e. The number of amides is 1. The van der Waals surface area contributed by atoms with E-state index < -0.39 is 17.7 Å². The Labute approximate surface area is 125 Å². The summed E-state index contributed by atoms with van der Waals surface area (Å²) in [4.78, 5) is 23.1. The van der Waals surface area contributed by atoms with Crippen LogP contribution in [0.15, 0.2) is 36.4 Å². The van der Waals surface area contributed by atoms with Crippen LogP contribution in [-0.4, -0.2) is 17.0 Å². The Morgan fingerprint density at radius 3 is 2.52 bits per heavy atom. The van der Waals surface area contributed by atoms with Gasteiger partial charge in [0.2, 0.25) is 0 Å². The van der Waals surface area contributed by atoms with E-state index in [0.29, 0.717) is 11.3 Å². The highest BCUT2D eigenvalue weighted by atomic mass is 35.5. The van der Waals surface area contributed by atoms with Crippen molar-refractivity contribution < 1.29 is 19.1 Å². The first kappa shape index (κ1) is 15.0. The van der Waals surface area contributed by atoms with Gasteiger partial charge in [0.15, 0.2) is 0 Å². The number of aromatic carboxylic acids is 1. The molecule has 0 unspecified atom stereocenters. The summed E-state index contributed by atoms with van der Waals surface area (Å²) in [5.41, 5.74) is 1.23. The van der Waals surface area contributed by atoms with E-state index >= 15 is 0 Å². The Bertz CT molecular complexity index is 731. The van der Waals surface area contributed by atoms with E-state index in [0.717, 1.165) is 12.1 Å². The molecule has 2 N–H and O–H groups in total. The van der Waals surface area contributed by atoms with Crippen LogP contribution in [-0.2, 0) is 0 Å². The second-order valence-electron chi connectivity index (χ2n) is 4.41. The Morgan fingerprint density at radius 2 is 1.90 bits per heavy atom. The van der Waals surface area contributed by atoms with Gasteiger partial charge in [-0.1, -0.05) is 17.7 Å². The first-order valence-electron chi connectivity index (χ1n) is 5.99. The van der Waals surface area contributed by atoms with Crippen molar-refractivity contribution in [2.75, 3.05) is 5.32 Å². The molecule has 0 radical (unpaired) electrons. The molecule has 0 aliphatic carbocycles. The molecule has 0 bridgehead atoms. The lowest BCUT2D eigenvalue weighted by Gasteiger charge is -2.10. The van der Waals surface area contributed by atoms with Crippen LogP contribution in [0.25, 0.3) is 0 Å². The van der Waals surface area contributed by atoms with Gasteiger partial charge in [-0.2, -0.15) is 0 Å². The summed E-state index contributed by atoms with van der Waals surface area (Å²) >= 11 is 5.82. The van der Waals surface area contributed by atoms with Crippen molar-refractivity contribution in [3.8, 4) is 0 Å². The third-order valence-electron chi connectivity index (χ3n) is 2.91. The first-order chi connectivity index (χ1) is 9.88. The van der Waals surface area contributed by atoms with Crippen LogP contribution in [0.4, 0.5) is 10.1 Å². The largest absolute Gasteiger partial charge is 0.478 e. The number of anilines is 1. The summed E-state index contributed by atoms with van der Waals surface area (Å²) < 4.78 is 13.0. The molecule has 1 amide bonds.